The van der Waals surface area contributed by atoms with E-state index >= 15 is 0 Å². The fourth-order valence-corrected chi connectivity index (χ4v) is 2.65. The summed E-state index contributed by atoms with van der Waals surface area (Å²) in [6, 6.07) is 5.13. The van der Waals surface area contributed by atoms with Crippen molar-refractivity contribution < 1.29 is 13.0 Å². The third kappa shape index (κ3) is 3.19. The van der Waals surface area contributed by atoms with Crippen molar-refractivity contribution >= 4 is 21.7 Å². The number of aryl methyl sites for hydroxylation is 2. The minimum Gasteiger partial charge on any atom is -0.282 e. The summed E-state index contributed by atoms with van der Waals surface area (Å²) in [5.41, 5.74) is 1.18. The summed E-state index contributed by atoms with van der Waals surface area (Å²) in [7, 11) is -4.14. The lowest BCUT2D eigenvalue weighted by molar-refractivity contribution is 0.481. The van der Waals surface area contributed by atoms with Crippen LogP contribution in [0.15, 0.2) is 23.1 Å². The Morgan fingerprint density at radius 2 is 2.07 bits per heavy atom. The maximum absolute atomic E-state index is 11.2. The second-order valence-corrected chi connectivity index (χ2v) is 5.07. The molecule has 84 valence electrons. The number of rotatable bonds is 4. The van der Waals surface area contributed by atoms with Gasteiger partial charge in [0.1, 0.15) is 0 Å². The SMILES string of the molecule is Cc1cccc(CCCCl)c1S(=O)(=O)O. The number of halogens is 1. The number of alkyl halides is 1. The number of benzene rings is 1. The van der Waals surface area contributed by atoms with Gasteiger partial charge in [0.15, 0.2) is 0 Å². The monoisotopic (exact) mass is 248 g/mol. The largest absolute Gasteiger partial charge is 0.295 e. The molecule has 0 atom stereocenters. The molecule has 1 aromatic rings. The maximum atomic E-state index is 11.2. The van der Waals surface area contributed by atoms with E-state index in [4.69, 9.17) is 16.2 Å². The van der Waals surface area contributed by atoms with Gasteiger partial charge in [0.2, 0.25) is 0 Å². The summed E-state index contributed by atoms with van der Waals surface area (Å²) >= 11 is 5.55. The molecule has 1 rings (SSSR count). The molecule has 0 aliphatic rings. The van der Waals surface area contributed by atoms with Crippen molar-refractivity contribution in [2.75, 3.05) is 5.88 Å². The maximum Gasteiger partial charge on any atom is 0.295 e. The quantitative estimate of drug-likeness (QED) is 0.658. The van der Waals surface area contributed by atoms with Gasteiger partial charge in [-0.15, -0.1) is 11.6 Å². The van der Waals surface area contributed by atoms with E-state index in [2.05, 4.69) is 0 Å². The van der Waals surface area contributed by atoms with Crippen molar-refractivity contribution in [3.05, 3.63) is 29.3 Å². The van der Waals surface area contributed by atoms with E-state index in [1.807, 2.05) is 0 Å². The molecule has 0 fully saturated rings. The molecule has 5 heteroatoms. The summed E-state index contributed by atoms with van der Waals surface area (Å²) in [5.74, 6) is 0.471. The fourth-order valence-electron chi connectivity index (χ4n) is 1.54. The molecule has 0 aromatic heterocycles. The molecule has 0 saturated heterocycles. The van der Waals surface area contributed by atoms with Gasteiger partial charge in [-0.05, 0) is 30.9 Å². The highest BCUT2D eigenvalue weighted by atomic mass is 35.5. The third-order valence-corrected chi connectivity index (χ3v) is 3.50. The first-order chi connectivity index (χ1) is 6.96. The predicted molar refractivity (Wildman–Crippen MR) is 60.0 cm³/mol. The van der Waals surface area contributed by atoms with E-state index in [9.17, 15) is 8.42 Å². The smallest absolute Gasteiger partial charge is 0.282 e. The van der Waals surface area contributed by atoms with Gasteiger partial charge in [-0.1, -0.05) is 18.2 Å². The second kappa shape index (κ2) is 4.96. The second-order valence-electron chi connectivity index (χ2n) is 3.33. The first-order valence-electron chi connectivity index (χ1n) is 4.58. The Kier molecular flexibility index (Phi) is 4.13. The van der Waals surface area contributed by atoms with Crippen LogP contribution in [-0.2, 0) is 16.5 Å². The van der Waals surface area contributed by atoms with E-state index in [1.165, 1.54) is 0 Å². The lowest BCUT2D eigenvalue weighted by atomic mass is 10.1. The zero-order chi connectivity index (χ0) is 11.5. The molecule has 15 heavy (non-hydrogen) atoms. The van der Waals surface area contributed by atoms with Crippen LogP contribution in [0.25, 0.3) is 0 Å². The molecule has 0 saturated carbocycles. The molecule has 0 bridgehead atoms. The van der Waals surface area contributed by atoms with Crippen LogP contribution in [-0.4, -0.2) is 18.9 Å². The number of hydrogen-bond donors (Lipinski definition) is 1. The van der Waals surface area contributed by atoms with Crippen LogP contribution in [0.5, 0.6) is 0 Å². The molecule has 0 amide bonds. The number of hydrogen-bond acceptors (Lipinski definition) is 2. The van der Waals surface area contributed by atoms with Crippen molar-refractivity contribution in [2.45, 2.75) is 24.7 Å². The Bertz CT molecular complexity index is 440. The molecular formula is C10H13ClO3S. The Morgan fingerprint density at radius 1 is 1.40 bits per heavy atom. The highest BCUT2D eigenvalue weighted by Crippen LogP contribution is 2.21. The first kappa shape index (κ1) is 12.5. The van der Waals surface area contributed by atoms with E-state index < -0.39 is 10.1 Å². The average Bonchev–Trinajstić information content (AvgIpc) is 2.12. The first-order valence-corrected chi connectivity index (χ1v) is 6.56. The molecular weight excluding hydrogens is 236 g/mol. The van der Waals surface area contributed by atoms with Crippen LogP contribution in [0.1, 0.15) is 17.5 Å². The molecule has 0 unspecified atom stereocenters. The van der Waals surface area contributed by atoms with E-state index in [0.29, 0.717) is 29.8 Å². The van der Waals surface area contributed by atoms with Gasteiger partial charge in [-0.3, -0.25) is 4.55 Å². The Hall–Kier alpha value is -0.580. The summed E-state index contributed by atoms with van der Waals surface area (Å²) in [5, 5.41) is 0. The van der Waals surface area contributed by atoms with Crippen LogP contribution < -0.4 is 0 Å². The summed E-state index contributed by atoms with van der Waals surface area (Å²) in [6.07, 6.45) is 1.24. The van der Waals surface area contributed by atoms with Crippen LogP contribution in [0, 0.1) is 6.92 Å². The highest BCUT2D eigenvalue weighted by molar-refractivity contribution is 7.86. The molecule has 0 aliphatic carbocycles. The molecule has 1 N–H and O–H groups in total. The van der Waals surface area contributed by atoms with E-state index in [0.717, 1.165) is 0 Å². The Morgan fingerprint density at radius 3 is 2.60 bits per heavy atom. The topological polar surface area (TPSA) is 54.4 Å². The van der Waals surface area contributed by atoms with Gasteiger partial charge in [0, 0.05) is 5.88 Å². The fraction of sp³-hybridized carbons (Fsp3) is 0.400. The van der Waals surface area contributed by atoms with Gasteiger partial charge in [-0.2, -0.15) is 8.42 Å². The van der Waals surface area contributed by atoms with Gasteiger partial charge < -0.3 is 0 Å². The van der Waals surface area contributed by atoms with Gasteiger partial charge >= 0.3 is 0 Å². The van der Waals surface area contributed by atoms with Crippen molar-refractivity contribution in [1.29, 1.82) is 0 Å². The average molecular weight is 249 g/mol. The van der Waals surface area contributed by atoms with Crippen molar-refractivity contribution in [2.24, 2.45) is 0 Å². The van der Waals surface area contributed by atoms with Gasteiger partial charge in [0.25, 0.3) is 10.1 Å². The van der Waals surface area contributed by atoms with Gasteiger partial charge in [0.05, 0.1) is 4.90 Å². The molecule has 0 heterocycles. The molecule has 0 aliphatic heterocycles. The van der Waals surface area contributed by atoms with Crippen LogP contribution >= 0.6 is 11.6 Å². The zero-order valence-electron chi connectivity index (χ0n) is 8.40. The lowest BCUT2D eigenvalue weighted by Crippen LogP contribution is -2.06. The minimum atomic E-state index is -4.14. The lowest BCUT2D eigenvalue weighted by Gasteiger charge is -2.08. The molecule has 0 radical (unpaired) electrons. The van der Waals surface area contributed by atoms with Crippen molar-refractivity contribution in [3.8, 4) is 0 Å². The highest BCUT2D eigenvalue weighted by Gasteiger charge is 2.17. The molecule has 1 aromatic carbocycles. The van der Waals surface area contributed by atoms with Crippen LogP contribution in [0.2, 0.25) is 0 Å². The van der Waals surface area contributed by atoms with E-state index in [1.54, 1.807) is 25.1 Å². The predicted octanol–water partition coefficient (Wildman–Crippen LogP) is 2.41. The minimum absolute atomic E-state index is 0.0233. The van der Waals surface area contributed by atoms with Gasteiger partial charge in [-0.25, -0.2) is 0 Å². The third-order valence-electron chi connectivity index (χ3n) is 2.13. The standard InChI is InChI=1S/C10H13ClO3S/c1-8-4-2-5-9(6-3-7-11)10(8)15(12,13)14/h2,4-5H,3,6-7H2,1H3,(H,12,13,14). The normalized spacial score (nSPS) is 11.7. The Labute approximate surface area is 94.8 Å². The van der Waals surface area contributed by atoms with Crippen LogP contribution in [0.4, 0.5) is 0 Å². The van der Waals surface area contributed by atoms with Crippen LogP contribution in [0.3, 0.4) is 0 Å². The zero-order valence-corrected chi connectivity index (χ0v) is 9.98. The summed E-state index contributed by atoms with van der Waals surface area (Å²) in [4.78, 5) is 0.0233. The Balaban J connectivity index is 3.21. The summed E-state index contributed by atoms with van der Waals surface area (Å²) < 4.78 is 31.4. The summed E-state index contributed by atoms with van der Waals surface area (Å²) in [6.45, 7) is 1.66. The van der Waals surface area contributed by atoms with Crippen molar-refractivity contribution in [3.63, 3.8) is 0 Å². The van der Waals surface area contributed by atoms with E-state index in [-0.39, 0.29) is 4.90 Å². The molecule has 3 nitrogen and oxygen atoms in total. The van der Waals surface area contributed by atoms with Crippen molar-refractivity contribution in [1.82, 2.24) is 0 Å². The molecule has 0 spiro atoms.